The second-order valence-corrected chi connectivity index (χ2v) is 21.3. The predicted molar refractivity (Wildman–Crippen MR) is 182 cm³/mol. The molecule has 216 valence electrons. The predicted octanol–water partition coefficient (Wildman–Crippen LogP) is 5.89. The zero-order valence-corrected chi connectivity index (χ0v) is 32.5. The minimum atomic E-state index is 0. The second kappa shape index (κ2) is 17.9. The minimum Gasteiger partial charge on any atom is -1.00 e. The standard InChI is InChI=1S/2C17H14Br.C2H6Si.2ClH.Zr/c2*1-2-12-9-13-6-4-8-16(17(13)10-12)14-5-3-7-15(18)11-14;1-3-2;;;/h2*3-11H,2H2,1H3;1-2H3;2*1H;/q2*-1;;;;+2/p-2. The van der Waals surface area contributed by atoms with Crippen molar-refractivity contribution in [2.75, 3.05) is 0 Å². The van der Waals surface area contributed by atoms with E-state index in [1.807, 2.05) is 0 Å². The largest absolute Gasteiger partial charge is 1.00 e. The summed E-state index contributed by atoms with van der Waals surface area (Å²) >= 11 is 8.82. The molecule has 0 fully saturated rings. The summed E-state index contributed by atoms with van der Waals surface area (Å²) in [6.07, 6.45) is 2.18. The number of benzene rings is 4. The number of rotatable bonds is 4. The Bertz CT molecular complexity index is 1630. The fraction of sp³-hybridized carbons (Fsp3) is 0.167. The molecule has 0 saturated carbocycles. The molecule has 0 spiro atoms. The Morgan fingerprint density at radius 2 is 0.952 bits per heavy atom. The van der Waals surface area contributed by atoms with Crippen LogP contribution in [0.2, 0.25) is 13.1 Å². The fourth-order valence-corrected chi connectivity index (χ4v) is 5.62. The van der Waals surface area contributed by atoms with Crippen LogP contribution in [0, 0.1) is 0 Å². The van der Waals surface area contributed by atoms with Crippen molar-refractivity contribution >= 4 is 58.8 Å². The van der Waals surface area contributed by atoms with E-state index >= 15 is 0 Å². The molecular formula is C36H34Br2Cl2SiZr-2. The van der Waals surface area contributed by atoms with E-state index in [2.05, 4.69) is 168 Å². The van der Waals surface area contributed by atoms with Crippen LogP contribution in [-0.4, -0.2) is 5.43 Å². The average molecular weight is 817 g/mol. The van der Waals surface area contributed by atoms with Gasteiger partial charge < -0.3 is 24.8 Å². The van der Waals surface area contributed by atoms with Crippen molar-refractivity contribution in [1.82, 2.24) is 0 Å². The molecule has 6 heteroatoms. The van der Waals surface area contributed by atoms with Crippen LogP contribution in [0.5, 0.6) is 0 Å². The van der Waals surface area contributed by atoms with Gasteiger partial charge in [0.25, 0.3) is 0 Å². The van der Waals surface area contributed by atoms with Gasteiger partial charge in [-0.3, -0.25) is 0 Å². The van der Waals surface area contributed by atoms with Gasteiger partial charge in [-0.2, -0.15) is 12.1 Å². The fourth-order valence-electron chi connectivity index (χ4n) is 4.82. The van der Waals surface area contributed by atoms with Gasteiger partial charge in [0, 0.05) is 8.95 Å². The van der Waals surface area contributed by atoms with E-state index in [4.69, 9.17) is 0 Å². The first-order chi connectivity index (χ1) is 19.3. The zero-order chi connectivity index (χ0) is 28.6. The molecule has 0 N–H and O–H groups in total. The first-order valence-electron chi connectivity index (χ1n) is 13.7. The van der Waals surface area contributed by atoms with E-state index in [1.165, 1.54) is 54.9 Å². The van der Waals surface area contributed by atoms with Crippen molar-refractivity contribution in [3.8, 4) is 22.3 Å². The Labute approximate surface area is 295 Å². The van der Waals surface area contributed by atoms with Gasteiger partial charge in [-0.05, 0) is 48.2 Å². The van der Waals surface area contributed by atoms with Crippen LogP contribution in [0.15, 0.2) is 118 Å². The van der Waals surface area contributed by atoms with Crippen LogP contribution in [0.25, 0.3) is 43.8 Å². The Balaban J connectivity index is 0.000000250. The molecule has 0 nitrogen and oxygen atoms in total. The topological polar surface area (TPSA) is 0 Å². The maximum atomic E-state index is 3.54. The molecule has 0 bridgehead atoms. The second-order valence-electron chi connectivity index (χ2n) is 10.1. The molecule has 0 amide bonds. The molecule has 0 heterocycles. The molecule has 0 aromatic heterocycles. The zero-order valence-electron chi connectivity index (χ0n) is 24.3. The Hall–Kier alpha value is -1.26. The summed E-state index contributed by atoms with van der Waals surface area (Å²) in [4.78, 5) is 0. The van der Waals surface area contributed by atoms with Crippen LogP contribution in [0.1, 0.15) is 25.0 Å². The van der Waals surface area contributed by atoms with Crippen LogP contribution < -0.4 is 24.8 Å². The van der Waals surface area contributed by atoms with E-state index in [-0.39, 0.29) is 30.2 Å². The van der Waals surface area contributed by atoms with E-state index < -0.39 is 0 Å². The molecule has 6 aromatic carbocycles. The van der Waals surface area contributed by atoms with Crippen LogP contribution in [-0.2, 0) is 36.2 Å². The van der Waals surface area contributed by atoms with Gasteiger partial charge in [0.2, 0.25) is 0 Å². The SMILES string of the molecule is CCc1cc2c(-c3cccc(Br)c3)cccc2[cH-]1.CCc1cc2c(-c3cccc(Br)c3)cccc2[cH-]1.C[Si](C)=[Zr+2].[Cl-].[Cl-]. The van der Waals surface area contributed by atoms with Crippen molar-refractivity contribution in [2.45, 2.75) is 39.8 Å². The van der Waals surface area contributed by atoms with E-state index in [9.17, 15) is 0 Å². The van der Waals surface area contributed by atoms with Gasteiger partial charge in [0.1, 0.15) is 0 Å². The van der Waals surface area contributed by atoms with Gasteiger partial charge in [0.15, 0.2) is 0 Å². The van der Waals surface area contributed by atoms with Crippen molar-refractivity contribution in [1.29, 1.82) is 0 Å². The number of fused-ring (bicyclic) bond motifs is 2. The van der Waals surface area contributed by atoms with Gasteiger partial charge in [0.05, 0.1) is 0 Å². The van der Waals surface area contributed by atoms with Crippen LogP contribution in [0.3, 0.4) is 0 Å². The number of hydrogen-bond donors (Lipinski definition) is 0. The molecule has 6 rings (SSSR count). The molecule has 6 aromatic rings. The third-order valence-corrected chi connectivity index (χ3v) is 7.70. The smallest absolute Gasteiger partial charge is 1.00 e. The van der Waals surface area contributed by atoms with Crippen LogP contribution >= 0.6 is 31.9 Å². The van der Waals surface area contributed by atoms with E-state index in [1.54, 1.807) is 23.3 Å². The summed E-state index contributed by atoms with van der Waals surface area (Å²) < 4.78 is 2.25. The molecule has 0 atom stereocenters. The molecule has 0 aliphatic heterocycles. The quantitative estimate of drug-likeness (QED) is 0.154. The van der Waals surface area contributed by atoms with Gasteiger partial charge >= 0.3 is 41.9 Å². The molecule has 0 saturated heterocycles. The summed E-state index contributed by atoms with van der Waals surface area (Å²) in [6.45, 7) is 9.02. The molecule has 0 radical (unpaired) electrons. The molecule has 0 unspecified atom stereocenters. The number of hydrogen-bond acceptors (Lipinski definition) is 0. The molecule has 0 aliphatic rings. The molecular weight excluding hydrogens is 782 g/mol. The number of halogens is 4. The summed E-state index contributed by atoms with van der Waals surface area (Å²) in [5.74, 6) is 0. The van der Waals surface area contributed by atoms with Gasteiger partial charge in [-0.15, -0.1) is 69.1 Å². The third kappa shape index (κ3) is 9.88. The summed E-state index contributed by atoms with van der Waals surface area (Å²) in [7, 11) is 0. The Morgan fingerprint density at radius 3 is 1.29 bits per heavy atom. The molecule has 42 heavy (non-hydrogen) atoms. The number of aryl methyl sites for hydroxylation is 2. The summed E-state index contributed by atoms with van der Waals surface area (Å²) in [5, 5.41) is 5.38. The normalized spacial score (nSPS) is 10.1. The average Bonchev–Trinajstić information content (AvgIpc) is 3.57. The van der Waals surface area contributed by atoms with Crippen molar-refractivity contribution in [2.24, 2.45) is 0 Å². The van der Waals surface area contributed by atoms with Gasteiger partial charge in [-0.1, -0.05) is 93.2 Å². The maximum Gasteiger partial charge on any atom is -1.00 e. The van der Waals surface area contributed by atoms with Gasteiger partial charge in [-0.25, -0.2) is 0 Å². The molecule has 0 aliphatic carbocycles. The summed E-state index contributed by atoms with van der Waals surface area (Å²) in [6, 6.07) is 39.2. The first kappa shape index (κ1) is 36.9. The maximum absolute atomic E-state index is 3.54. The van der Waals surface area contributed by atoms with Crippen molar-refractivity contribution in [3.63, 3.8) is 0 Å². The van der Waals surface area contributed by atoms with Crippen molar-refractivity contribution < 1.29 is 48.1 Å². The van der Waals surface area contributed by atoms with Crippen molar-refractivity contribution in [3.05, 3.63) is 129 Å². The first-order valence-corrected chi connectivity index (χ1v) is 21.5. The Kier molecular flexibility index (Phi) is 15.7. The van der Waals surface area contributed by atoms with E-state index in [0.717, 1.165) is 21.8 Å². The van der Waals surface area contributed by atoms with Crippen LogP contribution in [0.4, 0.5) is 0 Å². The Morgan fingerprint density at radius 1 is 0.595 bits per heavy atom. The van der Waals surface area contributed by atoms with E-state index in [0.29, 0.717) is 0 Å². The third-order valence-electron chi connectivity index (χ3n) is 6.71. The minimum absolute atomic E-state index is 0. The monoisotopic (exact) mass is 812 g/mol. The summed E-state index contributed by atoms with van der Waals surface area (Å²) in [5.41, 5.74) is 8.19.